The van der Waals surface area contributed by atoms with E-state index in [4.69, 9.17) is 4.74 Å². The molecule has 1 fully saturated rings. The number of carbonyl (C=O) groups is 2. The Morgan fingerprint density at radius 3 is 2.54 bits per heavy atom. The average molecular weight is 495 g/mol. The van der Waals surface area contributed by atoms with Crippen LogP contribution in [0.4, 0.5) is 4.79 Å². The first-order valence-corrected chi connectivity index (χ1v) is 11.5. The summed E-state index contributed by atoms with van der Waals surface area (Å²) in [4.78, 5) is 45.3. The number of imide groups is 1. The zero-order valence-electron chi connectivity index (χ0n) is 19.6. The van der Waals surface area contributed by atoms with Crippen LogP contribution in [0.15, 0.2) is 77.7 Å². The smallest absolute Gasteiger partial charge is 0.322 e. The van der Waals surface area contributed by atoms with E-state index in [1.807, 2.05) is 12.1 Å². The van der Waals surface area contributed by atoms with Crippen LogP contribution in [0.3, 0.4) is 0 Å². The Morgan fingerprint density at radius 1 is 1.03 bits per heavy atom. The predicted octanol–water partition coefficient (Wildman–Crippen LogP) is 2.99. The second-order valence-electron chi connectivity index (χ2n) is 8.86. The molecule has 1 aliphatic rings. The fourth-order valence-corrected chi connectivity index (χ4v) is 4.76. The number of rotatable bonds is 5. The predicted molar refractivity (Wildman–Crippen MR) is 136 cm³/mol. The average Bonchev–Trinajstić information content (AvgIpc) is 3.37. The number of H-pyrrole nitrogens is 1. The summed E-state index contributed by atoms with van der Waals surface area (Å²) in [5.74, 6) is -0.0394. The molecule has 0 bridgehead atoms. The largest absolute Gasteiger partial charge is 0.497 e. The van der Waals surface area contributed by atoms with Crippen molar-refractivity contribution >= 4 is 33.7 Å². The minimum Gasteiger partial charge on any atom is -0.497 e. The number of benzene rings is 3. The molecule has 0 spiro atoms. The summed E-state index contributed by atoms with van der Waals surface area (Å²) in [6.07, 6.45) is 1.70. The number of amides is 3. The molecule has 10 nitrogen and oxygen atoms in total. The van der Waals surface area contributed by atoms with Gasteiger partial charge in [-0.2, -0.15) is 0 Å². The Morgan fingerprint density at radius 2 is 1.81 bits per heavy atom. The lowest BCUT2D eigenvalue weighted by atomic mass is 9.88. The van der Waals surface area contributed by atoms with E-state index < -0.39 is 17.5 Å². The highest BCUT2D eigenvalue weighted by Gasteiger charge is 2.48. The molecule has 1 saturated heterocycles. The second-order valence-corrected chi connectivity index (χ2v) is 8.86. The van der Waals surface area contributed by atoms with E-state index in [-0.39, 0.29) is 23.7 Å². The number of fused-ring (bicyclic) bond motifs is 2. The van der Waals surface area contributed by atoms with Gasteiger partial charge in [-0.25, -0.2) is 9.78 Å². The van der Waals surface area contributed by atoms with E-state index in [2.05, 4.69) is 20.6 Å². The lowest BCUT2D eigenvalue weighted by Gasteiger charge is -2.27. The van der Waals surface area contributed by atoms with Crippen molar-refractivity contribution in [2.24, 2.45) is 0 Å². The SMILES string of the molecule is COc1ccc2cn(CC3(c4ccc(-c5nc6ccccc6[nH]c5=O)cc4)NC(=O)NC3=O)c(O)c2c1. The number of aromatic amines is 1. The first-order valence-electron chi connectivity index (χ1n) is 11.5. The van der Waals surface area contributed by atoms with Crippen LogP contribution in [0.1, 0.15) is 5.56 Å². The number of hydrogen-bond donors (Lipinski definition) is 4. The number of aromatic hydroxyl groups is 1. The number of nitrogens with one attached hydrogen (secondary N) is 3. The van der Waals surface area contributed by atoms with Crippen molar-refractivity contribution in [1.29, 1.82) is 0 Å². The van der Waals surface area contributed by atoms with Crippen LogP contribution in [-0.4, -0.2) is 38.7 Å². The Kier molecular flexibility index (Phi) is 4.97. The maximum Gasteiger partial charge on any atom is 0.322 e. The quantitative estimate of drug-likeness (QED) is 0.277. The fraction of sp³-hybridized carbons (Fsp3) is 0.111. The van der Waals surface area contributed by atoms with Gasteiger partial charge in [0.25, 0.3) is 11.5 Å². The minimum absolute atomic E-state index is 0.0641. The van der Waals surface area contributed by atoms with Crippen LogP contribution in [0.5, 0.6) is 11.6 Å². The molecule has 0 radical (unpaired) electrons. The lowest BCUT2D eigenvalue weighted by Crippen LogP contribution is -2.47. The molecule has 1 unspecified atom stereocenters. The van der Waals surface area contributed by atoms with E-state index >= 15 is 0 Å². The van der Waals surface area contributed by atoms with Gasteiger partial charge in [0.15, 0.2) is 11.4 Å². The molecule has 3 aromatic carbocycles. The molecule has 3 amide bonds. The molecule has 6 rings (SSSR count). The van der Waals surface area contributed by atoms with E-state index in [9.17, 15) is 19.5 Å². The zero-order valence-corrected chi connectivity index (χ0v) is 19.6. The van der Waals surface area contributed by atoms with Crippen molar-refractivity contribution in [2.45, 2.75) is 12.1 Å². The van der Waals surface area contributed by atoms with Gasteiger partial charge < -0.3 is 24.7 Å². The highest BCUT2D eigenvalue weighted by Crippen LogP contribution is 2.35. The van der Waals surface area contributed by atoms with Gasteiger partial charge in [-0.15, -0.1) is 0 Å². The lowest BCUT2D eigenvalue weighted by molar-refractivity contribution is -0.124. The molecule has 184 valence electrons. The first kappa shape index (κ1) is 22.4. The third-order valence-electron chi connectivity index (χ3n) is 6.67. The number of aromatic nitrogens is 3. The number of urea groups is 1. The molecule has 2 aromatic heterocycles. The van der Waals surface area contributed by atoms with E-state index in [1.54, 1.807) is 60.8 Å². The van der Waals surface area contributed by atoms with Gasteiger partial charge >= 0.3 is 6.03 Å². The molecule has 37 heavy (non-hydrogen) atoms. The van der Waals surface area contributed by atoms with Gasteiger partial charge in [0.1, 0.15) is 11.4 Å². The highest BCUT2D eigenvalue weighted by molar-refractivity contribution is 6.07. The van der Waals surface area contributed by atoms with Crippen LogP contribution in [0.25, 0.3) is 33.1 Å². The molecule has 5 aromatic rings. The van der Waals surface area contributed by atoms with Gasteiger partial charge in [0.05, 0.1) is 24.7 Å². The van der Waals surface area contributed by atoms with E-state index in [0.29, 0.717) is 33.3 Å². The summed E-state index contributed by atoms with van der Waals surface area (Å²) < 4.78 is 6.76. The molecule has 10 heteroatoms. The molecule has 1 atom stereocenters. The summed E-state index contributed by atoms with van der Waals surface area (Å²) in [7, 11) is 1.54. The zero-order chi connectivity index (χ0) is 25.7. The molecule has 3 heterocycles. The van der Waals surface area contributed by atoms with Gasteiger partial charge in [0, 0.05) is 22.5 Å². The summed E-state index contributed by atoms with van der Waals surface area (Å²) in [6.45, 7) is -0.0679. The molecular formula is C27H21N5O5. The summed E-state index contributed by atoms with van der Waals surface area (Å²) in [5.41, 5.74) is 0.717. The van der Waals surface area contributed by atoms with Crippen LogP contribution in [-0.2, 0) is 16.9 Å². The van der Waals surface area contributed by atoms with Crippen LogP contribution in [0.2, 0.25) is 0 Å². The van der Waals surface area contributed by atoms with Crippen molar-refractivity contribution in [3.8, 4) is 22.9 Å². The van der Waals surface area contributed by atoms with Crippen molar-refractivity contribution in [2.75, 3.05) is 7.11 Å². The molecule has 0 aliphatic carbocycles. The second kappa shape index (κ2) is 8.23. The van der Waals surface area contributed by atoms with Crippen molar-refractivity contribution < 1.29 is 19.4 Å². The van der Waals surface area contributed by atoms with Crippen molar-refractivity contribution in [3.05, 3.63) is 88.8 Å². The number of para-hydroxylation sites is 2. The number of carbonyl (C=O) groups excluding carboxylic acids is 2. The standard InChI is InChI=1S/C27H21N5O5/c1-37-18-11-8-16-13-32(24(34)19(16)12-18)14-27(25(35)30-26(36)31-27)17-9-6-15(7-10-17)22-23(33)29-21-5-3-2-4-20(21)28-22/h2-13,34H,14H2,1H3,(H,29,33)(H2,30,31,35,36). The van der Waals surface area contributed by atoms with Gasteiger partial charge in [-0.05, 0) is 35.9 Å². The van der Waals surface area contributed by atoms with Crippen LogP contribution < -0.4 is 20.9 Å². The van der Waals surface area contributed by atoms with E-state index in [1.165, 1.54) is 11.7 Å². The maximum atomic E-state index is 13.1. The third-order valence-corrected chi connectivity index (χ3v) is 6.67. The number of nitrogens with zero attached hydrogens (tertiary/aromatic N) is 2. The molecule has 1 aliphatic heterocycles. The first-order chi connectivity index (χ1) is 17.9. The Labute approximate surface area is 209 Å². The molecule has 0 saturated carbocycles. The summed E-state index contributed by atoms with van der Waals surface area (Å²) >= 11 is 0. The molecular weight excluding hydrogens is 474 g/mol. The third kappa shape index (κ3) is 3.57. The Hall–Kier alpha value is -5.12. The Bertz CT molecular complexity index is 1770. The Balaban J connectivity index is 1.41. The fourth-order valence-electron chi connectivity index (χ4n) is 4.76. The monoisotopic (exact) mass is 495 g/mol. The van der Waals surface area contributed by atoms with Crippen molar-refractivity contribution in [3.63, 3.8) is 0 Å². The topological polar surface area (TPSA) is 138 Å². The molecule has 4 N–H and O–H groups in total. The van der Waals surface area contributed by atoms with E-state index in [0.717, 1.165) is 5.39 Å². The number of methoxy groups -OCH3 is 1. The highest BCUT2D eigenvalue weighted by atomic mass is 16.5. The van der Waals surface area contributed by atoms with Gasteiger partial charge in [-0.1, -0.05) is 36.4 Å². The normalized spacial score (nSPS) is 17.2. The van der Waals surface area contributed by atoms with Crippen LogP contribution >= 0.6 is 0 Å². The maximum absolute atomic E-state index is 13.1. The van der Waals surface area contributed by atoms with Crippen molar-refractivity contribution in [1.82, 2.24) is 25.2 Å². The summed E-state index contributed by atoms with van der Waals surface area (Å²) in [5, 5.41) is 17.2. The summed E-state index contributed by atoms with van der Waals surface area (Å²) in [6, 6.07) is 18.6. The van der Waals surface area contributed by atoms with Gasteiger partial charge in [-0.3, -0.25) is 14.9 Å². The number of hydrogen-bond acceptors (Lipinski definition) is 6. The van der Waals surface area contributed by atoms with Crippen LogP contribution in [0, 0.1) is 0 Å². The van der Waals surface area contributed by atoms with Gasteiger partial charge in [0.2, 0.25) is 0 Å². The number of ether oxygens (including phenoxy) is 1. The minimum atomic E-state index is -1.49.